The van der Waals surface area contributed by atoms with Crippen molar-refractivity contribution in [3.63, 3.8) is 0 Å². The largest absolute Gasteiger partial charge is 0.508 e. The summed E-state index contributed by atoms with van der Waals surface area (Å²) in [5.74, 6) is -1.16. The van der Waals surface area contributed by atoms with Crippen LogP contribution in [0.2, 0.25) is 0 Å². The van der Waals surface area contributed by atoms with Crippen molar-refractivity contribution in [1.82, 2.24) is 31.4 Å². The lowest BCUT2D eigenvalue weighted by molar-refractivity contribution is -0.134. The van der Waals surface area contributed by atoms with Gasteiger partial charge in [-0.1, -0.05) is 35.5 Å². The second kappa shape index (κ2) is 19.7. The number of phenols is 1. The number of primary amides is 1. The average molecular weight is 738 g/mol. The van der Waals surface area contributed by atoms with Crippen LogP contribution in [0.15, 0.2) is 47.0 Å². The highest BCUT2D eigenvalue weighted by Gasteiger charge is 2.31. The fraction of sp³-hybridized carbons (Fsp3) is 0.472. The number of phenolic OH excluding ortho intramolecular Hbond substituents is 1. The number of hydrogen-bond donors (Lipinski definition) is 8. The number of nitrogens with two attached hydrogens (primary N) is 2. The van der Waals surface area contributed by atoms with Crippen LogP contribution in [-0.2, 0) is 31.9 Å². The van der Waals surface area contributed by atoms with Crippen LogP contribution in [0.4, 0.5) is 9.59 Å². The van der Waals surface area contributed by atoms with Crippen molar-refractivity contribution >= 4 is 30.0 Å². The number of aromatic hydroxyl groups is 1. The van der Waals surface area contributed by atoms with Crippen LogP contribution in [0.1, 0.15) is 86.5 Å². The molecule has 2 aromatic carbocycles. The van der Waals surface area contributed by atoms with Crippen LogP contribution in [0.5, 0.6) is 5.75 Å². The predicted molar refractivity (Wildman–Crippen MR) is 195 cm³/mol. The Kier molecular flexibility index (Phi) is 15.4. The number of carbonyl (C=O) groups excluding carboxylic acids is 4. The number of hydrogen-bond acceptors (Lipinski definition) is 11. The molecule has 1 aromatic heterocycles. The van der Waals surface area contributed by atoms with Gasteiger partial charge in [-0.05, 0) is 88.3 Å². The van der Waals surface area contributed by atoms with E-state index in [1.54, 1.807) is 46.8 Å². The van der Waals surface area contributed by atoms with Gasteiger partial charge in [0, 0.05) is 32.4 Å². The minimum absolute atomic E-state index is 0.000125. The number of benzene rings is 2. The van der Waals surface area contributed by atoms with E-state index in [0.29, 0.717) is 54.7 Å². The summed E-state index contributed by atoms with van der Waals surface area (Å²) < 4.78 is 16.0. The first-order valence-corrected chi connectivity index (χ1v) is 17.3. The maximum atomic E-state index is 14.2. The van der Waals surface area contributed by atoms with Gasteiger partial charge >= 0.3 is 12.2 Å². The molecule has 0 aliphatic heterocycles. The van der Waals surface area contributed by atoms with Gasteiger partial charge in [0.25, 0.3) is 5.91 Å². The molecule has 3 aromatic rings. The van der Waals surface area contributed by atoms with Gasteiger partial charge in [0.2, 0.25) is 11.8 Å². The Morgan fingerprint density at radius 1 is 0.943 bits per heavy atom. The third kappa shape index (κ3) is 14.7. The Morgan fingerprint density at radius 3 is 2.25 bits per heavy atom. The highest BCUT2D eigenvalue weighted by molar-refractivity contribution is 5.90. The van der Waals surface area contributed by atoms with Gasteiger partial charge in [-0.15, -0.1) is 0 Å². The normalized spacial score (nSPS) is 12.8. The second-order valence-electron chi connectivity index (χ2n) is 13.6. The first-order chi connectivity index (χ1) is 25.0. The lowest BCUT2D eigenvalue weighted by Crippen LogP contribution is -2.52. The van der Waals surface area contributed by atoms with E-state index in [0.717, 1.165) is 5.56 Å². The fourth-order valence-electron chi connectivity index (χ4n) is 5.46. The number of alkyl carbamates (subject to hydrolysis) is 1. The minimum atomic E-state index is -1.42. The Morgan fingerprint density at radius 2 is 1.62 bits per heavy atom. The molecule has 3 atom stereocenters. The molecule has 0 bridgehead atoms. The Balaban J connectivity index is 1.87. The number of rotatable bonds is 18. The summed E-state index contributed by atoms with van der Waals surface area (Å²) in [7, 11) is 0. The van der Waals surface area contributed by atoms with Crippen molar-refractivity contribution in [2.45, 2.75) is 96.9 Å². The Bertz CT molecular complexity index is 1690. The average Bonchev–Trinajstić information content (AvgIpc) is 3.52. The van der Waals surface area contributed by atoms with Crippen molar-refractivity contribution in [2.75, 3.05) is 13.1 Å². The maximum absolute atomic E-state index is 14.2. The molecule has 4 amide bonds. The van der Waals surface area contributed by atoms with Crippen LogP contribution in [0.3, 0.4) is 0 Å². The molecule has 0 spiro atoms. The molecule has 0 aliphatic rings. The number of aryl methyl sites for hydroxylation is 2. The van der Waals surface area contributed by atoms with Gasteiger partial charge in [0.1, 0.15) is 23.4 Å². The number of amides is 4. The standard InChI is InChI=1S/C36H51N9O8/c1-21-17-24(46)18-22(2)25(21)20-27(43-31(48)28(51-34(39)49)14-16-40-33(37)38)30(47)42-26(13-9-10-15-41-35(50)52-36(3,4)5)32-44-29(45-53-32)19-23-11-7-6-8-12-23/h6-8,11-12,17-18,26-28,46H,9-10,13-16,19-20H2,1-5H3,(H2,39,49)(H,41,50)(H,42,47)(H,43,48)(H4,37,38,40). The summed E-state index contributed by atoms with van der Waals surface area (Å²) in [5, 5.41) is 32.5. The molecular formula is C36H51N9O8. The summed E-state index contributed by atoms with van der Waals surface area (Å²) in [6.07, 6.45) is -1.50. The van der Waals surface area contributed by atoms with E-state index in [1.807, 2.05) is 30.3 Å². The zero-order valence-electron chi connectivity index (χ0n) is 30.8. The van der Waals surface area contributed by atoms with Gasteiger partial charge in [-0.25, -0.2) is 9.59 Å². The quantitative estimate of drug-likeness (QED) is 0.0532. The van der Waals surface area contributed by atoms with Gasteiger partial charge in [0.05, 0.1) is 0 Å². The lowest BCUT2D eigenvalue weighted by atomic mass is 9.95. The minimum Gasteiger partial charge on any atom is -0.508 e. The number of guanidine groups is 1. The van der Waals surface area contributed by atoms with Crippen LogP contribution in [-0.4, -0.2) is 76.0 Å². The summed E-state index contributed by atoms with van der Waals surface area (Å²) >= 11 is 0. The second-order valence-corrected chi connectivity index (χ2v) is 13.6. The van der Waals surface area contributed by atoms with E-state index >= 15 is 0 Å². The Labute approximate surface area is 308 Å². The van der Waals surface area contributed by atoms with Gasteiger partial charge in [0.15, 0.2) is 17.9 Å². The molecule has 0 aliphatic carbocycles. The van der Waals surface area contributed by atoms with Crippen LogP contribution < -0.4 is 32.7 Å². The number of carbonyl (C=O) groups is 4. The van der Waals surface area contributed by atoms with Crippen molar-refractivity contribution in [2.24, 2.45) is 11.5 Å². The van der Waals surface area contributed by atoms with Crippen LogP contribution in [0.25, 0.3) is 0 Å². The van der Waals surface area contributed by atoms with E-state index in [2.05, 4.69) is 31.4 Å². The summed E-state index contributed by atoms with van der Waals surface area (Å²) in [6.45, 7) is 9.17. The summed E-state index contributed by atoms with van der Waals surface area (Å²) in [5.41, 5.74) is 13.0. The predicted octanol–water partition coefficient (Wildman–Crippen LogP) is 2.90. The molecule has 10 N–H and O–H groups in total. The van der Waals surface area contributed by atoms with E-state index < -0.39 is 47.8 Å². The Hall–Kier alpha value is -5.87. The molecular weight excluding hydrogens is 686 g/mol. The molecule has 288 valence electrons. The molecule has 17 nitrogen and oxygen atoms in total. The smallest absolute Gasteiger partial charge is 0.407 e. The van der Waals surface area contributed by atoms with Crippen molar-refractivity contribution < 1.29 is 38.3 Å². The fourth-order valence-corrected chi connectivity index (χ4v) is 5.46. The topological polar surface area (TPSA) is 270 Å². The maximum Gasteiger partial charge on any atom is 0.407 e. The monoisotopic (exact) mass is 737 g/mol. The van der Waals surface area contributed by atoms with Gasteiger partial charge in [-0.3, -0.25) is 15.0 Å². The van der Waals surface area contributed by atoms with Crippen molar-refractivity contribution in [3.8, 4) is 5.75 Å². The zero-order valence-corrected chi connectivity index (χ0v) is 30.8. The van der Waals surface area contributed by atoms with E-state index in [4.69, 9.17) is 30.9 Å². The van der Waals surface area contributed by atoms with Crippen molar-refractivity contribution in [3.05, 3.63) is 76.4 Å². The van der Waals surface area contributed by atoms with E-state index in [-0.39, 0.29) is 37.0 Å². The van der Waals surface area contributed by atoms with Gasteiger partial charge < -0.3 is 51.8 Å². The van der Waals surface area contributed by atoms with Crippen LogP contribution >= 0.6 is 0 Å². The highest BCUT2D eigenvalue weighted by Crippen LogP contribution is 2.24. The number of nitrogens with one attached hydrogen (secondary N) is 5. The first kappa shape index (κ1) is 41.5. The van der Waals surface area contributed by atoms with E-state index in [9.17, 15) is 24.3 Å². The summed E-state index contributed by atoms with van der Waals surface area (Å²) in [4.78, 5) is 56.1. The summed E-state index contributed by atoms with van der Waals surface area (Å²) in [6, 6.07) is 10.6. The number of aromatic nitrogens is 2. The molecule has 53 heavy (non-hydrogen) atoms. The van der Waals surface area contributed by atoms with Crippen LogP contribution in [0, 0.1) is 19.3 Å². The molecule has 0 saturated carbocycles. The molecule has 0 fully saturated rings. The molecule has 1 heterocycles. The third-order valence-electron chi connectivity index (χ3n) is 7.89. The highest BCUT2D eigenvalue weighted by atomic mass is 16.6. The molecule has 3 unspecified atom stereocenters. The van der Waals surface area contributed by atoms with Crippen molar-refractivity contribution in [1.29, 1.82) is 5.41 Å². The number of unbranched alkanes of at least 4 members (excludes halogenated alkanes) is 1. The third-order valence-corrected chi connectivity index (χ3v) is 7.89. The zero-order chi connectivity index (χ0) is 39.1. The van der Waals surface area contributed by atoms with Gasteiger partial charge in [-0.2, -0.15) is 4.98 Å². The molecule has 17 heteroatoms. The van der Waals surface area contributed by atoms with E-state index in [1.165, 1.54) is 0 Å². The first-order valence-electron chi connectivity index (χ1n) is 17.3. The molecule has 3 rings (SSSR count). The lowest BCUT2D eigenvalue weighted by Gasteiger charge is -2.25. The molecule has 0 saturated heterocycles. The molecule has 0 radical (unpaired) electrons. The number of nitrogens with zero attached hydrogens (tertiary/aromatic N) is 2. The number of ether oxygens (including phenoxy) is 2. The SMILES string of the molecule is Cc1cc(O)cc(C)c1CC(NC(=O)C(CCNC(=N)N)OC(N)=O)C(=O)NC(CCCCNC(=O)OC(C)(C)C)c1nc(Cc2ccccc2)no1.